The minimum Gasteiger partial charge on any atom is -0.347 e. The van der Waals surface area contributed by atoms with Crippen LogP contribution in [-0.2, 0) is 13.1 Å². The van der Waals surface area contributed by atoms with E-state index in [-0.39, 0.29) is 5.41 Å². The normalized spacial score (nSPS) is 15.3. The summed E-state index contributed by atoms with van der Waals surface area (Å²) in [5, 5.41) is 14.1. The molecule has 1 aromatic heterocycles. The average Bonchev–Trinajstić information content (AvgIpc) is 3.22. The molecule has 1 saturated carbocycles. The standard InChI is InChI=1S/C18H23N3/c1-18(2,13-19)9-11-21-10-8-16-14(4-3-5-17(16)21)12-20-15-6-7-15/h3-5,8,10,15,20H,6-7,9,11-12H2,1-2H3. The third-order valence-corrected chi connectivity index (χ3v) is 4.34. The van der Waals surface area contributed by atoms with Gasteiger partial charge in [0.15, 0.2) is 0 Å². The zero-order valence-electron chi connectivity index (χ0n) is 12.9. The van der Waals surface area contributed by atoms with Gasteiger partial charge in [0, 0.05) is 36.2 Å². The molecule has 1 aliphatic rings. The highest BCUT2D eigenvalue weighted by atomic mass is 15.0. The summed E-state index contributed by atoms with van der Waals surface area (Å²) in [6.45, 7) is 5.85. The van der Waals surface area contributed by atoms with Crippen LogP contribution in [0.3, 0.4) is 0 Å². The Balaban J connectivity index is 1.78. The number of nitrogens with one attached hydrogen (secondary N) is 1. The fourth-order valence-corrected chi connectivity index (χ4v) is 2.63. The van der Waals surface area contributed by atoms with Crippen molar-refractivity contribution in [3.8, 4) is 6.07 Å². The first-order chi connectivity index (χ1) is 10.1. The molecule has 1 N–H and O–H groups in total. The summed E-state index contributed by atoms with van der Waals surface area (Å²) in [4.78, 5) is 0. The minimum atomic E-state index is -0.262. The molecule has 3 heteroatoms. The Morgan fingerprint density at radius 3 is 2.86 bits per heavy atom. The van der Waals surface area contributed by atoms with Gasteiger partial charge in [-0.25, -0.2) is 0 Å². The van der Waals surface area contributed by atoms with Gasteiger partial charge in [-0.1, -0.05) is 12.1 Å². The van der Waals surface area contributed by atoms with E-state index < -0.39 is 0 Å². The van der Waals surface area contributed by atoms with E-state index in [9.17, 15) is 0 Å². The molecule has 2 aromatic rings. The van der Waals surface area contributed by atoms with Crippen LogP contribution in [-0.4, -0.2) is 10.6 Å². The third kappa shape index (κ3) is 3.28. The highest BCUT2D eigenvalue weighted by molar-refractivity contribution is 5.83. The van der Waals surface area contributed by atoms with Crippen molar-refractivity contribution in [2.24, 2.45) is 5.41 Å². The highest BCUT2D eigenvalue weighted by Gasteiger charge is 2.20. The number of hydrogen-bond donors (Lipinski definition) is 1. The lowest BCUT2D eigenvalue weighted by Crippen LogP contribution is -2.15. The lowest BCUT2D eigenvalue weighted by molar-refractivity contribution is 0.417. The van der Waals surface area contributed by atoms with E-state index in [0.29, 0.717) is 0 Å². The Hall–Kier alpha value is -1.79. The summed E-state index contributed by atoms with van der Waals surface area (Å²) < 4.78 is 2.27. The van der Waals surface area contributed by atoms with E-state index in [1.54, 1.807) is 0 Å². The number of fused-ring (bicyclic) bond motifs is 1. The van der Waals surface area contributed by atoms with Gasteiger partial charge in [-0.05, 0) is 50.8 Å². The molecule has 110 valence electrons. The number of nitrogens with zero attached hydrogens (tertiary/aromatic N) is 2. The molecule has 0 radical (unpaired) electrons. The lowest BCUT2D eigenvalue weighted by Gasteiger charge is -2.16. The Kier molecular flexibility index (Phi) is 3.73. The molecule has 3 nitrogen and oxygen atoms in total. The van der Waals surface area contributed by atoms with Crippen LogP contribution in [0.4, 0.5) is 0 Å². The van der Waals surface area contributed by atoms with Crippen molar-refractivity contribution in [3.05, 3.63) is 36.0 Å². The molecular formula is C18H23N3. The third-order valence-electron chi connectivity index (χ3n) is 4.34. The first-order valence-electron chi connectivity index (χ1n) is 7.80. The van der Waals surface area contributed by atoms with Crippen LogP contribution in [0, 0.1) is 16.7 Å². The second-order valence-corrected chi connectivity index (χ2v) is 6.76. The second kappa shape index (κ2) is 5.54. The van der Waals surface area contributed by atoms with Crippen molar-refractivity contribution in [2.45, 2.75) is 52.2 Å². The molecule has 0 atom stereocenters. The van der Waals surface area contributed by atoms with Gasteiger partial charge < -0.3 is 9.88 Å². The molecule has 0 saturated heterocycles. The van der Waals surface area contributed by atoms with Crippen molar-refractivity contribution < 1.29 is 0 Å². The van der Waals surface area contributed by atoms with Crippen LogP contribution in [0.2, 0.25) is 0 Å². The average molecular weight is 281 g/mol. The molecule has 0 amide bonds. The van der Waals surface area contributed by atoms with Gasteiger partial charge in [-0.15, -0.1) is 0 Å². The number of hydrogen-bond acceptors (Lipinski definition) is 2. The van der Waals surface area contributed by atoms with Crippen LogP contribution in [0.5, 0.6) is 0 Å². The van der Waals surface area contributed by atoms with E-state index in [4.69, 9.17) is 5.26 Å². The topological polar surface area (TPSA) is 40.8 Å². The second-order valence-electron chi connectivity index (χ2n) is 6.76. The predicted molar refractivity (Wildman–Crippen MR) is 85.8 cm³/mol. The summed E-state index contributed by atoms with van der Waals surface area (Å²) in [6.07, 6.45) is 5.66. The van der Waals surface area contributed by atoms with Gasteiger partial charge in [0.2, 0.25) is 0 Å². The smallest absolute Gasteiger partial charge is 0.0684 e. The molecule has 1 aromatic carbocycles. The first kappa shape index (κ1) is 14.2. The number of aromatic nitrogens is 1. The van der Waals surface area contributed by atoms with Crippen molar-refractivity contribution >= 4 is 10.9 Å². The van der Waals surface area contributed by atoms with Gasteiger partial charge in [-0.3, -0.25) is 0 Å². The number of benzene rings is 1. The monoisotopic (exact) mass is 281 g/mol. The fraction of sp³-hybridized carbons (Fsp3) is 0.500. The Bertz CT molecular complexity index is 671. The number of aryl methyl sites for hydroxylation is 1. The van der Waals surface area contributed by atoms with E-state index in [1.165, 1.54) is 29.3 Å². The molecule has 3 rings (SSSR count). The van der Waals surface area contributed by atoms with Crippen LogP contribution >= 0.6 is 0 Å². The summed E-state index contributed by atoms with van der Waals surface area (Å²) in [7, 11) is 0. The Morgan fingerprint density at radius 2 is 2.14 bits per heavy atom. The Labute approximate surface area is 126 Å². The quantitative estimate of drug-likeness (QED) is 0.874. The van der Waals surface area contributed by atoms with Crippen molar-refractivity contribution in [2.75, 3.05) is 0 Å². The lowest BCUT2D eigenvalue weighted by atomic mass is 9.91. The Morgan fingerprint density at radius 1 is 1.33 bits per heavy atom. The van der Waals surface area contributed by atoms with Gasteiger partial charge in [0.05, 0.1) is 11.5 Å². The zero-order valence-corrected chi connectivity index (χ0v) is 12.9. The van der Waals surface area contributed by atoms with Gasteiger partial charge >= 0.3 is 0 Å². The van der Waals surface area contributed by atoms with Crippen LogP contribution in [0.25, 0.3) is 10.9 Å². The van der Waals surface area contributed by atoms with E-state index in [2.05, 4.69) is 46.4 Å². The summed E-state index contributed by atoms with van der Waals surface area (Å²) >= 11 is 0. The number of nitriles is 1. The van der Waals surface area contributed by atoms with Gasteiger partial charge in [0.1, 0.15) is 0 Å². The predicted octanol–water partition coefficient (Wildman–Crippen LogP) is 3.83. The molecule has 1 heterocycles. The van der Waals surface area contributed by atoms with Crippen molar-refractivity contribution in [3.63, 3.8) is 0 Å². The summed E-state index contributed by atoms with van der Waals surface area (Å²) in [5.41, 5.74) is 2.39. The molecule has 21 heavy (non-hydrogen) atoms. The maximum atomic E-state index is 9.14. The molecule has 0 aliphatic heterocycles. The fourth-order valence-electron chi connectivity index (χ4n) is 2.63. The van der Waals surface area contributed by atoms with Crippen molar-refractivity contribution in [1.29, 1.82) is 5.26 Å². The minimum absolute atomic E-state index is 0.262. The van der Waals surface area contributed by atoms with Crippen molar-refractivity contribution in [1.82, 2.24) is 9.88 Å². The molecular weight excluding hydrogens is 258 g/mol. The van der Waals surface area contributed by atoms with E-state index in [0.717, 1.165) is 25.6 Å². The van der Waals surface area contributed by atoms with E-state index >= 15 is 0 Å². The van der Waals surface area contributed by atoms with Crippen LogP contribution < -0.4 is 5.32 Å². The molecule has 1 aliphatic carbocycles. The first-order valence-corrected chi connectivity index (χ1v) is 7.80. The van der Waals surface area contributed by atoms with Gasteiger partial charge in [0.25, 0.3) is 0 Å². The molecule has 1 fully saturated rings. The van der Waals surface area contributed by atoms with E-state index in [1.807, 2.05) is 13.8 Å². The molecule has 0 unspecified atom stereocenters. The summed E-state index contributed by atoms with van der Waals surface area (Å²) in [5.74, 6) is 0. The number of rotatable bonds is 6. The zero-order chi connectivity index (χ0) is 14.9. The molecule has 0 spiro atoms. The SMILES string of the molecule is CC(C)(C#N)CCn1ccc2c(CNC3CC3)cccc21. The summed E-state index contributed by atoms with van der Waals surface area (Å²) in [6, 6.07) is 11.8. The maximum absolute atomic E-state index is 9.14. The maximum Gasteiger partial charge on any atom is 0.0684 e. The van der Waals surface area contributed by atoms with Crippen LogP contribution in [0.1, 0.15) is 38.7 Å². The largest absolute Gasteiger partial charge is 0.347 e. The van der Waals surface area contributed by atoms with Gasteiger partial charge in [-0.2, -0.15) is 5.26 Å². The van der Waals surface area contributed by atoms with Crippen LogP contribution in [0.15, 0.2) is 30.5 Å². The highest BCUT2D eigenvalue weighted by Crippen LogP contribution is 2.25. The molecule has 0 bridgehead atoms.